The van der Waals surface area contributed by atoms with Crippen molar-refractivity contribution in [2.75, 3.05) is 0 Å². The van der Waals surface area contributed by atoms with E-state index in [4.69, 9.17) is 139 Å². The van der Waals surface area contributed by atoms with Crippen molar-refractivity contribution in [1.82, 2.24) is 29.9 Å². The minimum absolute atomic E-state index is 0.0534. The quantitative estimate of drug-likeness (QED) is 0.294. The van der Waals surface area contributed by atoms with Crippen molar-refractivity contribution in [1.29, 1.82) is 0 Å². The van der Waals surface area contributed by atoms with E-state index in [1.54, 1.807) is 0 Å². The van der Waals surface area contributed by atoms with Crippen molar-refractivity contribution in [2.24, 2.45) is 0 Å². The lowest BCUT2D eigenvalue weighted by atomic mass is 10.3. The molecule has 0 saturated heterocycles. The third-order valence-corrected chi connectivity index (χ3v) is 5.35. The van der Waals surface area contributed by atoms with Crippen molar-refractivity contribution in [3.05, 3.63) is 34.9 Å². The van der Waals surface area contributed by atoms with E-state index in [1.807, 2.05) is 13.8 Å². The summed E-state index contributed by atoms with van der Waals surface area (Å²) in [5.74, 6) is 0.629. The first-order chi connectivity index (χ1) is 15.3. The Hall–Kier alpha value is 1.50. The number of aromatic nitrogens is 6. The van der Waals surface area contributed by atoms with Crippen LogP contribution in [0.1, 0.15) is 61.6 Å². The Balaban J connectivity index is 0.000000340. The molecule has 0 bridgehead atoms. The second-order valence-electron chi connectivity index (χ2n) is 6.29. The van der Waals surface area contributed by atoms with Crippen LogP contribution in [0, 0.1) is 0 Å². The predicted octanol–water partition coefficient (Wildman–Crippen LogP) is 8.95. The maximum atomic E-state index is 5.70. The van der Waals surface area contributed by atoms with Gasteiger partial charge < -0.3 is 0 Å². The van der Waals surface area contributed by atoms with Gasteiger partial charge in [0.2, 0.25) is 15.2 Å². The van der Waals surface area contributed by atoms with Crippen LogP contribution in [0.5, 0.6) is 0 Å². The maximum Gasteiger partial charge on any atom is 0.250 e. The molecule has 0 N–H and O–H groups in total. The normalized spacial score (nSPS) is 12.9. The van der Waals surface area contributed by atoms with Crippen LogP contribution in [-0.2, 0) is 28.0 Å². The number of rotatable bonds is 4. The average Bonchev–Trinajstić information content (AvgIpc) is 2.66. The van der Waals surface area contributed by atoms with Gasteiger partial charge in [-0.15, -0.1) is 0 Å². The fraction of sp³-hybridized carbons (Fsp3) is 0.625. The minimum Gasteiger partial charge on any atom is -0.213 e. The molecule has 6 nitrogen and oxygen atoms in total. The van der Waals surface area contributed by atoms with Crippen LogP contribution in [0.25, 0.3) is 0 Å². The molecule has 0 aliphatic rings. The molecule has 0 saturated carbocycles. The van der Waals surface area contributed by atoms with E-state index in [0.29, 0.717) is 24.5 Å². The summed E-state index contributed by atoms with van der Waals surface area (Å²) in [6, 6.07) is 0. The molecule has 0 aliphatic heterocycles. The molecule has 0 atom stereocenters. The van der Waals surface area contributed by atoms with Crippen molar-refractivity contribution in [3.63, 3.8) is 0 Å². The van der Waals surface area contributed by atoms with Gasteiger partial charge in [-0.1, -0.05) is 153 Å². The molecule has 18 heteroatoms. The number of alkyl halides is 12. The zero-order chi connectivity index (χ0) is 26.5. The highest BCUT2D eigenvalue weighted by Crippen LogP contribution is 2.41. The van der Waals surface area contributed by atoms with E-state index in [9.17, 15) is 0 Å². The van der Waals surface area contributed by atoms with Crippen molar-refractivity contribution in [3.8, 4) is 0 Å². The number of hydrogen-bond donors (Lipinski definition) is 0. The lowest BCUT2D eigenvalue weighted by Crippen LogP contribution is -2.18. The summed E-state index contributed by atoms with van der Waals surface area (Å²) in [7, 11) is 0. The van der Waals surface area contributed by atoms with Crippen LogP contribution in [-0.4, -0.2) is 29.9 Å². The van der Waals surface area contributed by atoms with Crippen molar-refractivity contribution < 1.29 is 0 Å². The smallest absolute Gasteiger partial charge is 0.213 e. The lowest BCUT2D eigenvalue weighted by molar-refractivity contribution is 0.749. The second-order valence-corrected chi connectivity index (χ2v) is 15.4. The molecule has 0 aromatic carbocycles. The van der Waals surface area contributed by atoms with Crippen LogP contribution in [0.3, 0.4) is 0 Å². The Morgan fingerprint density at radius 2 is 0.618 bits per heavy atom. The van der Waals surface area contributed by atoms with E-state index in [1.165, 1.54) is 0 Å². The van der Waals surface area contributed by atoms with Gasteiger partial charge in [0.05, 0.1) is 0 Å². The molecule has 0 spiro atoms. The molecule has 0 aliphatic carbocycles. The zero-order valence-electron chi connectivity index (χ0n) is 17.0. The van der Waals surface area contributed by atoms with Crippen LogP contribution >= 0.6 is 139 Å². The van der Waals surface area contributed by atoms with E-state index in [2.05, 4.69) is 29.9 Å². The number of halogens is 12. The van der Waals surface area contributed by atoms with Gasteiger partial charge in [0.15, 0.2) is 23.3 Å². The Bertz CT molecular complexity index is 807. The molecule has 34 heavy (non-hydrogen) atoms. The first-order valence-corrected chi connectivity index (χ1v) is 13.6. The minimum atomic E-state index is -1.78. The second kappa shape index (κ2) is 13.5. The molecule has 0 unspecified atom stereocenters. The van der Waals surface area contributed by atoms with Gasteiger partial charge >= 0.3 is 0 Å². The standard InChI is InChI=1S/2C8H7Cl6N3/c2*1-2-3-4-15-5(7(9,10)11)17-6(16-4)8(12,13)14/h2*2-3H2,1H3. The zero-order valence-corrected chi connectivity index (χ0v) is 26.1. The van der Waals surface area contributed by atoms with Crippen LogP contribution in [0.2, 0.25) is 0 Å². The number of aryl methyl sites for hydroxylation is 2. The summed E-state index contributed by atoms with van der Waals surface area (Å²) in [5.41, 5.74) is 0. The molecule has 2 aromatic rings. The molecule has 0 radical (unpaired) electrons. The summed E-state index contributed by atoms with van der Waals surface area (Å²) in [5, 5.41) is 0. The van der Waals surface area contributed by atoms with Gasteiger partial charge in [-0.3, -0.25) is 0 Å². The lowest BCUT2D eigenvalue weighted by Gasteiger charge is -2.15. The largest absolute Gasteiger partial charge is 0.250 e. The van der Waals surface area contributed by atoms with Gasteiger partial charge in [0, 0.05) is 12.8 Å². The fourth-order valence-electron chi connectivity index (χ4n) is 2.02. The number of hydrogen-bond acceptors (Lipinski definition) is 6. The fourth-order valence-corrected chi connectivity index (χ4v) is 3.03. The van der Waals surface area contributed by atoms with E-state index in [-0.39, 0.29) is 23.3 Å². The van der Waals surface area contributed by atoms with Gasteiger partial charge in [-0.2, -0.15) is 0 Å². The van der Waals surface area contributed by atoms with Gasteiger partial charge in [0.25, 0.3) is 0 Å². The van der Waals surface area contributed by atoms with Gasteiger partial charge in [-0.25, -0.2) is 29.9 Å². The highest BCUT2D eigenvalue weighted by atomic mass is 35.6. The maximum absolute atomic E-state index is 5.70. The Labute approximate surface area is 256 Å². The molecular weight excluding hydrogens is 702 g/mol. The molecule has 0 amide bonds. The SMILES string of the molecule is CCCc1nc(C(Cl)(Cl)Cl)nc(C(Cl)(Cl)Cl)n1.CCCc1nc(C(Cl)(Cl)Cl)nc(C(Cl)(Cl)Cl)n1. The van der Waals surface area contributed by atoms with Crippen LogP contribution in [0.15, 0.2) is 0 Å². The topological polar surface area (TPSA) is 77.3 Å². The molecule has 2 heterocycles. The third-order valence-electron chi connectivity index (χ3n) is 3.32. The van der Waals surface area contributed by atoms with Gasteiger partial charge in [-0.05, 0) is 12.8 Å². The highest BCUT2D eigenvalue weighted by molar-refractivity contribution is 6.68. The average molecular weight is 716 g/mol. The first-order valence-electron chi connectivity index (χ1n) is 9.07. The van der Waals surface area contributed by atoms with Crippen molar-refractivity contribution in [2.45, 2.75) is 54.7 Å². The van der Waals surface area contributed by atoms with Gasteiger partial charge in [0.1, 0.15) is 11.6 Å². The molecule has 2 rings (SSSR count). The van der Waals surface area contributed by atoms with Crippen LogP contribution in [0.4, 0.5) is 0 Å². The third kappa shape index (κ3) is 11.5. The number of nitrogens with zero attached hydrogens (tertiary/aromatic N) is 6. The van der Waals surface area contributed by atoms with E-state index in [0.717, 1.165) is 12.8 Å². The summed E-state index contributed by atoms with van der Waals surface area (Å²) in [6.45, 7) is 3.90. The molecular formula is C16H14Cl12N6. The molecule has 192 valence electrons. The molecule has 0 fully saturated rings. The predicted molar refractivity (Wildman–Crippen MR) is 145 cm³/mol. The Kier molecular flexibility index (Phi) is 13.3. The summed E-state index contributed by atoms with van der Waals surface area (Å²) in [6.07, 6.45) is 2.76. The van der Waals surface area contributed by atoms with Crippen LogP contribution < -0.4 is 0 Å². The Morgan fingerprint density at radius 3 is 0.765 bits per heavy atom. The monoisotopic (exact) mass is 710 g/mol. The highest BCUT2D eigenvalue weighted by Gasteiger charge is 2.34. The first kappa shape index (κ1) is 33.5. The van der Waals surface area contributed by atoms with Crippen molar-refractivity contribution >= 4 is 139 Å². The van der Waals surface area contributed by atoms with E-state index < -0.39 is 15.2 Å². The summed E-state index contributed by atoms with van der Waals surface area (Å²) < 4.78 is -7.13. The summed E-state index contributed by atoms with van der Waals surface area (Å²) >= 11 is 68.4. The van der Waals surface area contributed by atoms with E-state index >= 15 is 0 Å². The Morgan fingerprint density at radius 1 is 0.412 bits per heavy atom. The summed E-state index contributed by atoms with van der Waals surface area (Å²) in [4.78, 5) is 23.7. The molecule has 2 aromatic heterocycles.